The van der Waals surface area contributed by atoms with Gasteiger partial charge in [0.1, 0.15) is 5.82 Å². The number of nitrogens with one attached hydrogen (secondary N) is 1. The van der Waals surface area contributed by atoms with Crippen LogP contribution in [0.2, 0.25) is 0 Å². The molecule has 0 fully saturated rings. The van der Waals surface area contributed by atoms with Gasteiger partial charge in [0.05, 0.1) is 11.7 Å². The van der Waals surface area contributed by atoms with E-state index in [9.17, 15) is 4.39 Å². The number of aromatic nitrogens is 2. The predicted molar refractivity (Wildman–Crippen MR) is 61.6 cm³/mol. The van der Waals surface area contributed by atoms with Crippen molar-refractivity contribution in [3.05, 3.63) is 46.4 Å². The van der Waals surface area contributed by atoms with Crippen LogP contribution in [0.4, 0.5) is 4.39 Å². The third kappa shape index (κ3) is 2.84. The summed E-state index contributed by atoms with van der Waals surface area (Å²) in [6.07, 6.45) is 4.71. The predicted octanol–water partition coefficient (Wildman–Crippen LogP) is 2.53. The second-order valence-corrected chi connectivity index (χ2v) is 4.48. The largest absolute Gasteiger partial charge is 0.305 e. The Kier molecular flexibility index (Phi) is 3.58. The van der Waals surface area contributed by atoms with E-state index >= 15 is 0 Å². The van der Waals surface area contributed by atoms with E-state index in [0.717, 1.165) is 17.0 Å². The molecular weight excluding hydrogens is 225 g/mol. The van der Waals surface area contributed by atoms with Crippen molar-refractivity contribution >= 4 is 11.3 Å². The summed E-state index contributed by atoms with van der Waals surface area (Å²) in [5.41, 5.74) is 2.65. The second-order valence-electron chi connectivity index (χ2n) is 3.51. The van der Waals surface area contributed by atoms with Gasteiger partial charge in [0, 0.05) is 29.9 Å². The van der Waals surface area contributed by atoms with Crippen LogP contribution in [0.15, 0.2) is 30.2 Å². The summed E-state index contributed by atoms with van der Waals surface area (Å²) in [4.78, 5) is 8.98. The number of nitrogens with zero attached hydrogens (tertiary/aromatic N) is 2. The summed E-state index contributed by atoms with van der Waals surface area (Å²) in [6.45, 7) is 2.72. The van der Waals surface area contributed by atoms with Gasteiger partial charge in [0.2, 0.25) is 0 Å². The standard InChI is InChI=1S/C11H12FN3S/c1-8(9-2-10(12)4-13-3-9)15-6-11-5-14-7-16-11/h2-5,7-8,15H,6H2,1H3. The number of pyridine rings is 1. The molecule has 84 valence electrons. The van der Waals surface area contributed by atoms with E-state index in [-0.39, 0.29) is 11.9 Å². The minimum Gasteiger partial charge on any atom is -0.305 e. The lowest BCUT2D eigenvalue weighted by atomic mass is 10.1. The zero-order valence-electron chi connectivity index (χ0n) is 8.85. The van der Waals surface area contributed by atoms with Crippen LogP contribution in [0.5, 0.6) is 0 Å². The van der Waals surface area contributed by atoms with Gasteiger partial charge in [-0.1, -0.05) is 0 Å². The van der Waals surface area contributed by atoms with E-state index < -0.39 is 0 Å². The third-order valence-corrected chi connectivity index (χ3v) is 3.07. The fourth-order valence-electron chi connectivity index (χ4n) is 1.37. The molecular formula is C11H12FN3S. The van der Waals surface area contributed by atoms with Crippen molar-refractivity contribution in [2.45, 2.75) is 19.5 Å². The topological polar surface area (TPSA) is 37.8 Å². The number of halogens is 1. The smallest absolute Gasteiger partial charge is 0.141 e. The second kappa shape index (κ2) is 5.14. The average molecular weight is 237 g/mol. The molecule has 0 spiro atoms. The lowest BCUT2D eigenvalue weighted by Crippen LogP contribution is -2.17. The highest BCUT2D eigenvalue weighted by Crippen LogP contribution is 2.13. The summed E-state index contributed by atoms with van der Waals surface area (Å²) in [5.74, 6) is -0.302. The maximum absolute atomic E-state index is 12.9. The molecule has 1 N–H and O–H groups in total. The van der Waals surface area contributed by atoms with Crippen LogP contribution in [-0.2, 0) is 6.54 Å². The van der Waals surface area contributed by atoms with Crippen molar-refractivity contribution in [1.82, 2.24) is 15.3 Å². The number of rotatable bonds is 4. The molecule has 1 atom stereocenters. The number of hydrogen-bond donors (Lipinski definition) is 1. The van der Waals surface area contributed by atoms with E-state index in [0.29, 0.717) is 0 Å². The summed E-state index contributed by atoms with van der Waals surface area (Å²) < 4.78 is 12.9. The maximum Gasteiger partial charge on any atom is 0.141 e. The molecule has 2 aromatic heterocycles. The summed E-state index contributed by atoms with van der Waals surface area (Å²) >= 11 is 1.60. The van der Waals surface area contributed by atoms with E-state index in [1.54, 1.807) is 23.0 Å². The van der Waals surface area contributed by atoms with Gasteiger partial charge in [0.15, 0.2) is 0 Å². The highest BCUT2D eigenvalue weighted by atomic mass is 32.1. The van der Waals surface area contributed by atoms with Gasteiger partial charge in [-0.05, 0) is 18.6 Å². The zero-order chi connectivity index (χ0) is 11.4. The first-order valence-corrected chi connectivity index (χ1v) is 5.85. The van der Waals surface area contributed by atoms with Crippen molar-refractivity contribution in [3.8, 4) is 0 Å². The highest BCUT2D eigenvalue weighted by molar-refractivity contribution is 7.09. The molecule has 0 amide bonds. The molecule has 0 bridgehead atoms. The number of hydrogen-bond acceptors (Lipinski definition) is 4. The normalized spacial score (nSPS) is 12.6. The summed E-state index contributed by atoms with van der Waals surface area (Å²) in [6, 6.07) is 1.57. The molecule has 0 aliphatic carbocycles. The molecule has 2 heterocycles. The lowest BCUT2D eigenvalue weighted by Gasteiger charge is -2.12. The van der Waals surface area contributed by atoms with E-state index in [1.807, 2.05) is 13.1 Å². The van der Waals surface area contributed by atoms with Crippen LogP contribution in [-0.4, -0.2) is 9.97 Å². The Bertz CT molecular complexity index is 444. The molecule has 1 unspecified atom stereocenters. The Morgan fingerprint density at radius 1 is 1.38 bits per heavy atom. The van der Waals surface area contributed by atoms with E-state index in [1.165, 1.54) is 12.3 Å². The quantitative estimate of drug-likeness (QED) is 0.888. The third-order valence-electron chi connectivity index (χ3n) is 2.29. The van der Waals surface area contributed by atoms with Gasteiger partial charge in [0.25, 0.3) is 0 Å². The van der Waals surface area contributed by atoms with Gasteiger partial charge in [-0.25, -0.2) is 4.39 Å². The molecule has 0 saturated heterocycles. The van der Waals surface area contributed by atoms with Crippen molar-refractivity contribution < 1.29 is 4.39 Å². The van der Waals surface area contributed by atoms with Crippen molar-refractivity contribution in [2.75, 3.05) is 0 Å². The SMILES string of the molecule is CC(NCc1cncs1)c1cncc(F)c1. The maximum atomic E-state index is 12.9. The summed E-state index contributed by atoms with van der Waals surface area (Å²) in [5, 5.41) is 3.29. The zero-order valence-corrected chi connectivity index (χ0v) is 9.67. The number of thiazole rings is 1. The Hall–Kier alpha value is -1.33. The van der Waals surface area contributed by atoms with Gasteiger partial charge < -0.3 is 5.32 Å². The highest BCUT2D eigenvalue weighted by Gasteiger charge is 2.06. The minimum atomic E-state index is -0.302. The fraction of sp³-hybridized carbons (Fsp3) is 0.273. The first-order valence-electron chi connectivity index (χ1n) is 4.97. The molecule has 0 aliphatic heterocycles. The molecule has 0 aliphatic rings. The Morgan fingerprint density at radius 3 is 2.94 bits per heavy atom. The molecule has 3 nitrogen and oxygen atoms in total. The van der Waals surface area contributed by atoms with E-state index in [4.69, 9.17) is 0 Å². The fourth-order valence-corrected chi connectivity index (χ4v) is 1.91. The Morgan fingerprint density at radius 2 is 2.25 bits per heavy atom. The van der Waals surface area contributed by atoms with Gasteiger partial charge >= 0.3 is 0 Å². The molecule has 16 heavy (non-hydrogen) atoms. The first kappa shape index (κ1) is 11.2. The van der Waals surface area contributed by atoms with Gasteiger partial charge in [-0.2, -0.15) is 0 Å². The Labute approximate surface area is 97.4 Å². The summed E-state index contributed by atoms with van der Waals surface area (Å²) in [7, 11) is 0. The van der Waals surface area contributed by atoms with Gasteiger partial charge in [-0.3, -0.25) is 9.97 Å². The molecule has 2 rings (SSSR count). The van der Waals surface area contributed by atoms with Crippen LogP contribution in [0, 0.1) is 5.82 Å². The molecule has 0 saturated carbocycles. The Balaban J connectivity index is 1.95. The van der Waals surface area contributed by atoms with Crippen LogP contribution < -0.4 is 5.32 Å². The van der Waals surface area contributed by atoms with Crippen LogP contribution in [0.1, 0.15) is 23.4 Å². The minimum absolute atomic E-state index is 0.0744. The van der Waals surface area contributed by atoms with Crippen molar-refractivity contribution in [3.63, 3.8) is 0 Å². The molecule has 0 aromatic carbocycles. The average Bonchev–Trinajstić information content (AvgIpc) is 2.78. The molecule has 5 heteroatoms. The van der Waals surface area contributed by atoms with Crippen LogP contribution in [0.3, 0.4) is 0 Å². The molecule has 2 aromatic rings. The van der Waals surface area contributed by atoms with Crippen LogP contribution >= 0.6 is 11.3 Å². The lowest BCUT2D eigenvalue weighted by molar-refractivity contribution is 0.563. The molecule has 0 radical (unpaired) electrons. The van der Waals surface area contributed by atoms with E-state index in [2.05, 4.69) is 15.3 Å². The van der Waals surface area contributed by atoms with Crippen molar-refractivity contribution in [2.24, 2.45) is 0 Å². The van der Waals surface area contributed by atoms with Crippen molar-refractivity contribution in [1.29, 1.82) is 0 Å². The first-order chi connectivity index (χ1) is 7.75. The monoisotopic (exact) mass is 237 g/mol. The van der Waals surface area contributed by atoms with Gasteiger partial charge in [-0.15, -0.1) is 11.3 Å². The van der Waals surface area contributed by atoms with Crippen LogP contribution in [0.25, 0.3) is 0 Å².